The van der Waals surface area contributed by atoms with E-state index in [1.807, 2.05) is 23.7 Å². The molecule has 3 nitrogen and oxygen atoms in total. The molecule has 1 atom stereocenters. The van der Waals surface area contributed by atoms with Gasteiger partial charge in [-0.05, 0) is 19.2 Å². The first-order valence-corrected chi connectivity index (χ1v) is 6.53. The third-order valence-corrected chi connectivity index (χ3v) is 3.86. The standard InChI is InChI=1S/C13H14N2OS/c1-15-8-10(12-3-2-5-16-12)7-11(9-15)13-14-4-6-17-13/h2-7,11H,8-9H2,1H3. The molecule has 17 heavy (non-hydrogen) atoms. The van der Waals surface area contributed by atoms with E-state index in [9.17, 15) is 0 Å². The van der Waals surface area contributed by atoms with E-state index >= 15 is 0 Å². The molecule has 0 saturated heterocycles. The van der Waals surface area contributed by atoms with E-state index in [0.717, 1.165) is 18.8 Å². The quantitative estimate of drug-likeness (QED) is 0.816. The fourth-order valence-electron chi connectivity index (χ4n) is 2.23. The number of nitrogens with zero attached hydrogens (tertiary/aromatic N) is 2. The van der Waals surface area contributed by atoms with Gasteiger partial charge in [0, 0.05) is 36.2 Å². The zero-order chi connectivity index (χ0) is 11.7. The molecule has 0 radical (unpaired) electrons. The number of furan rings is 1. The zero-order valence-corrected chi connectivity index (χ0v) is 10.5. The first kappa shape index (κ1) is 10.7. The molecule has 4 heteroatoms. The predicted octanol–water partition coefficient (Wildman–Crippen LogP) is 2.85. The average Bonchev–Trinajstić information content (AvgIpc) is 3.02. The van der Waals surface area contributed by atoms with Crippen molar-refractivity contribution in [3.05, 3.63) is 46.8 Å². The maximum absolute atomic E-state index is 5.48. The summed E-state index contributed by atoms with van der Waals surface area (Å²) in [7, 11) is 2.14. The summed E-state index contributed by atoms with van der Waals surface area (Å²) < 4.78 is 5.48. The zero-order valence-electron chi connectivity index (χ0n) is 9.67. The van der Waals surface area contributed by atoms with Crippen LogP contribution >= 0.6 is 11.3 Å². The summed E-state index contributed by atoms with van der Waals surface area (Å²) in [4.78, 5) is 6.72. The predicted molar refractivity (Wildman–Crippen MR) is 69.0 cm³/mol. The molecule has 3 heterocycles. The molecule has 0 fully saturated rings. The average molecular weight is 246 g/mol. The van der Waals surface area contributed by atoms with Crippen LogP contribution in [0.5, 0.6) is 0 Å². The summed E-state index contributed by atoms with van der Waals surface area (Å²) in [5, 5.41) is 3.21. The Bertz CT molecular complexity index is 502. The van der Waals surface area contributed by atoms with Gasteiger partial charge in [0.2, 0.25) is 0 Å². The lowest BCUT2D eigenvalue weighted by molar-refractivity contribution is 0.348. The number of rotatable bonds is 2. The molecule has 0 aromatic carbocycles. The Morgan fingerprint density at radius 3 is 3.18 bits per heavy atom. The molecule has 0 amide bonds. The Morgan fingerprint density at radius 2 is 2.47 bits per heavy atom. The largest absolute Gasteiger partial charge is 0.465 e. The van der Waals surface area contributed by atoms with Gasteiger partial charge >= 0.3 is 0 Å². The van der Waals surface area contributed by atoms with Gasteiger partial charge in [0.05, 0.1) is 6.26 Å². The first-order chi connectivity index (χ1) is 8.33. The minimum atomic E-state index is 0.383. The molecule has 3 rings (SSSR count). The number of likely N-dealkylation sites (N-methyl/N-ethyl adjacent to an activating group) is 1. The smallest absolute Gasteiger partial charge is 0.130 e. The summed E-state index contributed by atoms with van der Waals surface area (Å²) in [6, 6.07) is 3.95. The van der Waals surface area contributed by atoms with E-state index in [-0.39, 0.29) is 0 Å². The minimum absolute atomic E-state index is 0.383. The molecule has 0 saturated carbocycles. The van der Waals surface area contributed by atoms with Gasteiger partial charge in [0.15, 0.2) is 0 Å². The van der Waals surface area contributed by atoms with Gasteiger partial charge in [-0.3, -0.25) is 0 Å². The lowest BCUT2D eigenvalue weighted by Crippen LogP contribution is -2.29. The van der Waals surface area contributed by atoms with Crippen molar-refractivity contribution in [1.29, 1.82) is 0 Å². The molecule has 2 aromatic rings. The van der Waals surface area contributed by atoms with Crippen molar-refractivity contribution in [3.8, 4) is 0 Å². The number of hydrogen-bond acceptors (Lipinski definition) is 4. The number of thiazole rings is 1. The Morgan fingerprint density at radius 1 is 1.53 bits per heavy atom. The second-order valence-electron chi connectivity index (χ2n) is 4.34. The Hall–Kier alpha value is -1.39. The van der Waals surface area contributed by atoms with Crippen LogP contribution in [0.15, 0.2) is 40.5 Å². The van der Waals surface area contributed by atoms with Crippen molar-refractivity contribution in [2.45, 2.75) is 5.92 Å². The molecule has 0 N–H and O–H groups in total. The third-order valence-electron chi connectivity index (χ3n) is 2.96. The molecule has 0 aliphatic carbocycles. The summed E-state index contributed by atoms with van der Waals surface area (Å²) >= 11 is 1.72. The normalized spacial score (nSPS) is 21.5. The topological polar surface area (TPSA) is 29.3 Å². The van der Waals surface area contributed by atoms with E-state index in [1.165, 1.54) is 10.6 Å². The van der Waals surface area contributed by atoms with Gasteiger partial charge in [-0.15, -0.1) is 11.3 Å². The molecular formula is C13H14N2OS. The highest BCUT2D eigenvalue weighted by atomic mass is 32.1. The lowest BCUT2D eigenvalue weighted by atomic mass is 9.99. The van der Waals surface area contributed by atoms with Crippen LogP contribution < -0.4 is 0 Å². The van der Waals surface area contributed by atoms with Gasteiger partial charge in [-0.1, -0.05) is 6.08 Å². The number of hydrogen-bond donors (Lipinski definition) is 0. The molecule has 0 spiro atoms. The summed E-state index contributed by atoms with van der Waals surface area (Å²) in [6.07, 6.45) is 5.88. The van der Waals surface area contributed by atoms with E-state index in [1.54, 1.807) is 17.6 Å². The van der Waals surface area contributed by atoms with Gasteiger partial charge < -0.3 is 9.32 Å². The SMILES string of the molecule is CN1CC(c2ccco2)=CC(c2nccs2)C1. The fraction of sp³-hybridized carbons (Fsp3) is 0.308. The molecule has 88 valence electrons. The van der Waals surface area contributed by atoms with Gasteiger partial charge in [-0.25, -0.2) is 4.98 Å². The van der Waals surface area contributed by atoms with Crippen LogP contribution in [0.1, 0.15) is 16.7 Å². The summed E-state index contributed by atoms with van der Waals surface area (Å²) in [5.41, 5.74) is 1.25. The van der Waals surface area contributed by atoms with Gasteiger partial charge in [0.1, 0.15) is 10.8 Å². The molecule has 1 unspecified atom stereocenters. The second-order valence-corrected chi connectivity index (χ2v) is 5.27. The highest BCUT2D eigenvalue weighted by Crippen LogP contribution is 2.30. The Balaban J connectivity index is 1.93. The van der Waals surface area contributed by atoms with Crippen LogP contribution in [0, 0.1) is 0 Å². The minimum Gasteiger partial charge on any atom is -0.465 e. The fourth-order valence-corrected chi connectivity index (χ4v) is 2.93. The molecule has 1 aliphatic rings. The van der Waals surface area contributed by atoms with Crippen molar-refractivity contribution in [3.63, 3.8) is 0 Å². The van der Waals surface area contributed by atoms with Crippen molar-refractivity contribution < 1.29 is 4.42 Å². The first-order valence-electron chi connectivity index (χ1n) is 5.65. The van der Waals surface area contributed by atoms with Gasteiger partial charge in [-0.2, -0.15) is 0 Å². The van der Waals surface area contributed by atoms with E-state index in [4.69, 9.17) is 4.42 Å². The molecule has 0 bridgehead atoms. The summed E-state index contributed by atoms with van der Waals surface area (Å²) in [6.45, 7) is 1.97. The van der Waals surface area contributed by atoms with E-state index < -0.39 is 0 Å². The lowest BCUT2D eigenvalue weighted by Gasteiger charge is -2.27. The van der Waals surface area contributed by atoms with Crippen molar-refractivity contribution in [2.24, 2.45) is 0 Å². The van der Waals surface area contributed by atoms with Crippen LogP contribution in [0.25, 0.3) is 5.57 Å². The van der Waals surface area contributed by atoms with Crippen molar-refractivity contribution in [1.82, 2.24) is 9.88 Å². The Labute approximate surface area is 104 Å². The Kier molecular flexibility index (Phi) is 2.82. The highest BCUT2D eigenvalue weighted by molar-refractivity contribution is 7.09. The van der Waals surface area contributed by atoms with Crippen LogP contribution in [0.4, 0.5) is 0 Å². The summed E-state index contributed by atoms with van der Waals surface area (Å²) in [5.74, 6) is 1.35. The van der Waals surface area contributed by atoms with Crippen LogP contribution in [0.2, 0.25) is 0 Å². The monoisotopic (exact) mass is 246 g/mol. The molecular weight excluding hydrogens is 232 g/mol. The van der Waals surface area contributed by atoms with Crippen molar-refractivity contribution >= 4 is 16.9 Å². The van der Waals surface area contributed by atoms with Gasteiger partial charge in [0.25, 0.3) is 0 Å². The van der Waals surface area contributed by atoms with Crippen LogP contribution in [0.3, 0.4) is 0 Å². The van der Waals surface area contributed by atoms with Crippen LogP contribution in [-0.2, 0) is 0 Å². The number of aromatic nitrogens is 1. The molecule has 1 aliphatic heterocycles. The highest BCUT2D eigenvalue weighted by Gasteiger charge is 2.22. The third kappa shape index (κ3) is 2.18. The maximum Gasteiger partial charge on any atom is 0.130 e. The molecule has 2 aromatic heterocycles. The van der Waals surface area contributed by atoms with Crippen LogP contribution in [-0.4, -0.2) is 30.0 Å². The van der Waals surface area contributed by atoms with E-state index in [0.29, 0.717) is 5.92 Å². The van der Waals surface area contributed by atoms with Crippen molar-refractivity contribution in [2.75, 3.05) is 20.1 Å². The second kappa shape index (κ2) is 4.47. The van der Waals surface area contributed by atoms with E-state index in [2.05, 4.69) is 23.0 Å². The maximum atomic E-state index is 5.48.